The van der Waals surface area contributed by atoms with Gasteiger partial charge in [0.25, 0.3) is 0 Å². The van der Waals surface area contributed by atoms with Crippen molar-refractivity contribution in [3.05, 3.63) is 29.8 Å². The van der Waals surface area contributed by atoms with E-state index < -0.39 is 18.1 Å². The topological polar surface area (TPSA) is 76.1 Å². The summed E-state index contributed by atoms with van der Waals surface area (Å²) in [7, 11) is 3.10. The summed E-state index contributed by atoms with van der Waals surface area (Å²) in [4.78, 5) is 24.3. The van der Waals surface area contributed by atoms with E-state index in [1.165, 1.54) is 12.0 Å². The molecular weight excluding hydrogens is 250 g/mol. The van der Waals surface area contributed by atoms with E-state index in [0.717, 1.165) is 0 Å². The van der Waals surface area contributed by atoms with Crippen LogP contribution in [0.2, 0.25) is 0 Å². The van der Waals surface area contributed by atoms with Crippen LogP contribution in [0.3, 0.4) is 0 Å². The molecule has 19 heavy (non-hydrogen) atoms. The number of carboxylic acids is 1. The van der Waals surface area contributed by atoms with Gasteiger partial charge in [-0.1, -0.05) is 12.1 Å². The van der Waals surface area contributed by atoms with Crippen molar-refractivity contribution in [2.45, 2.75) is 12.1 Å². The molecule has 6 nitrogen and oxygen atoms in total. The molecule has 1 aromatic rings. The van der Waals surface area contributed by atoms with Gasteiger partial charge in [0.2, 0.25) is 5.91 Å². The molecular formula is C13H15NO5. The van der Waals surface area contributed by atoms with Gasteiger partial charge in [-0.05, 0) is 17.7 Å². The van der Waals surface area contributed by atoms with Crippen LogP contribution >= 0.6 is 0 Å². The Morgan fingerprint density at radius 2 is 2.26 bits per heavy atom. The van der Waals surface area contributed by atoms with Crippen molar-refractivity contribution in [1.29, 1.82) is 0 Å². The Morgan fingerprint density at radius 1 is 1.53 bits per heavy atom. The number of carboxylic acid groups (broad SMARTS) is 1. The van der Waals surface area contributed by atoms with Gasteiger partial charge in [0.1, 0.15) is 12.4 Å². The minimum Gasteiger partial charge on any atom is -0.497 e. The minimum absolute atomic E-state index is 0.214. The van der Waals surface area contributed by atoms with Crippen molar-refractivity contribution < 1.29 is 24.2 Å². The van der Waals surface area contributed by atoms with E-state index in [9.17, 15) is 14.7 Å². The fourth-order valence-electron chi connectivity index (χ4n) is 2.14. The quantitative estimate of drug-likeness (QED) is 0.869. The third-order valence-corrected chi connectivity index (χ3v) is 3.16. The molecule has 1 amide bonds. The highest BCUT2D eigenvalue weighted by Crippen LogP contribution is 2.30. The van der Waals surface area contributed by atoms with Crippen molar-refractivity contribution in [3.63, 3.8) is 0 Å². The Labute approximate surface area is 110 Å². The average molecular weight is 265 g/mol. The van der Waals surface area contributed by atoms with Crippen molar-refractivity contribution in [3.8, 4) is 5.75 Å². The maximum absolute atomic E-state index is 11.7. The highest BCUT2D eigenvalue weighted by Gasteiger charge is 2.40. The number of carbonyl (C=O) groups is 2. The van der Waals surface area contributed by atoms with E-state index in [4.69, 9.17) is 9.47 Å². The molecule has 1 aliphatic heterocycles. The van der Waals surface area contributed by atoms with E-state index in [2.05, 4.69) is 0 Å². The molecule has 0 radical (unpaired) electrons. The third-order valence-electron chi connectivity index (χ3n) is 3.16. The highest BCUT2D eigenvalue weighted by atomic mass is 16.5. The van der Waals surface area contributed by atoms with E-state index in [0.29, 0.717) is 11.3 Å². The van der Waals surface area contributed by atoms with Gasteiger partial charge in [-0.3, -0.25) is 4.79 Å². The smallest absolute Gasteiger partial charge is 0.335 e. The SMILES string of the molecule is COc1cccc([C@@H]2[C@@H](C(=O)O)OCC(=O)N2C)c1. The number of aliphatic carboxylic acids is 1. The van der Waals surface area contributed by atoms with Crippen molar-refractivity contribution in [2.75, 3.05) is 20.8 Å². The summed E-state index contributed by atoms with van der Waals surface area (Å²) in [5.41, 5.74) is 0.669. The Bertz CT molecular complexity index is 502. The largest absolute Gasteiger partial charge is 0.497 e. The second-order valence-electron chi connectivity index (χ2n) is 4.30. The predicted molar refractivity (Wildman–Crippen MR) is 65.9 cm³/mol. The van der Waals surface area contributed by atoms with Crippen LogP contribution < -0.4 is 4.74 Å². The zero-order valence-electron chi connectivity index (χ0n) is 10.7. The standard InChI is InChI=1S/C13H15NO5/c1-14-10(15)7-19-12(13(16)17)11(14)8-4-3-5-9(6-8)18-2/h3-6,11-12H,7H2,1-2H3,(H,16,17)/t11-,12+/m1/s1. The minimum atomic E-state index is -1.09. The number of carbonyl (C=O) groups excluding carboxylic acids is 1. The molecule has 1 N–H and O–H groups in total. The highest BCUT2D eigenvalue weighted by molar-refractivity contribution is 5.82. The Balaban J connectivity index is 2.40. The van der Waals surface area contributed by atoms with Crippen LogP contribution in [-0.2, 0) is 14.3 Å². The summed E-state index contributed by atoms with van der Waals surface area (Å²) in [6, 6.07) is 6.31. The van der Waals surface area contributed by atoms with E-state index >= 15 is 0 Å². The van der Waals surface area contributed by atoms with Gasteiger partial charge in [-0.25, -0.2) is 4.79 Å². The van der Waals surface area contributed by atoms with Crippen molar-refractivity contribution in [1.82, 2.24) is 4.90 Å². The number of hydrogen-bond donors (Lipinski definition) is 1. The molecule has 0 saturated carbocycles. The van der Waals surface area contributed by atoms with Crippen LogP contribution in [0.5, 0.6) is 5.75 Å². The first-order valence-electron chi connectivity index (χ1n) is 5.78. The van der Waals surface area contributed by atoms with Crippen LogP contribution in [0.15, 0.2) is 24.3 Å². The van der Waals surface area contributed by atoms with Gasteiger partial charge in [0.15, 0.2) is 6.10 Å². The fourth-order valence-corrected chi connectivity index (χ4v) is 2.14. The Hall–Kier alpha value is -2.08. The number of amides is 1. The summed E-state index contributed by atoms with van der Waals surface area (Å²) in [6.45, 7) is -0.214. The molecule has 1 aliphatic rings. The molecule has 1 saturated heterocycles. The number of nitrogens with zero attached hydrogens (tertiary/aromatic N) is 1. The van der Waals surface area contributed by atoms with Crippen LogP contribution in [-0.4, -0.2) is 48.8 Å². The normalized spacial score (nSPS) is 23.3. The van der Waals surface area contributed by atoms with Crippen LogP contribution in [0.4, 0.5) is 0 Å². The molecule has 0 spiro atoms. The zero-order chi connectivity index (χ0) is 14.0. The lowest BCUT2D eigenvalue weighted by Crippen LogP contribution is -2.50. The van der Waals surface area contributed by atoms with Crippen molar-refractivity contribution in [2.24, 2.45) is 0 Å². The van der Waals surface area contributed by atoms with E-state index in [1.807, 2.05) is 0 Å². The lowest BCUT2D eigenvalue weighted by Gasteiger charge is -2.37. The first-order chi connectivity index (χ1) is 9.04. The lowest BCUT2D eigenvalue weighted by molar-refractivity contribution is -0.171. The van der Waals surface area contributed by atoms with Gasteiger partial charge in [-0.2, -0.15) is 0 Å². The molecule has 2 atom stereocenters. The maximum atomic E-state index is 11.7. The summed E-state index contributed by atoms with van der Waals surface area (Å²) >= 11 is 0. The number of ether oxygens (including phenoxy) is 2. The third kappa shape index (κ3) is 2.53. The first-order valence-corrected chi connectivity index (χ1v) is 5.78. The molecule has 6 heteroatoms. The second kappa shape index (κ2) is 5.27. The summed E-state index contributed by atoms with van der Waals surface area (Å²) in [5, 5.41) is 9.21. The Morgan fingerprint density at radius 3 is 2.89 bits per heavy atom. The molecule has 0 unspecified atom stereocenters. The average Bonchev–Trinajstić information content (AvgIpc) is 2.41. The van der Waals surface area contributed by atoms with Gasteiger partial charge in [0, 0.05) is 7.05 Å². The molecule has 102 valence electrons. The van der Waals surface area contributed by atoms with Crippen LogP contribution in [0, 0.1) is 0 Å². The molecule has 0 aliphatic carbocycles. The molecule has 0 bridgehead atoms. The number of morpholine rings is 1. The molecule has 1 aromatic carbocycles. The molecule has 0 aromatic heterocycles. The van der Waals surface area contributed by atoms with E-state index in [-0.39, 0.29) is 12.5 Å². The number of hydrogen-bond acceptors (Lipinski definition) is 4. The van der Waals surface area contributed by atoms with Gasteiger partial charge in [0.05, 0.1) is 13.2 Å². The summed E-state index contributed by atoms with van der Waals surface area (Å²) < 4.78 is 10.2. The molecule has 1 fully saturated rings. The zero-order valence-corrected chi connectivity index (χ0v) is 10.7. The van der Waals surface area contributed by atoms with Gasteiger partial charge >= 0.3 is 5.97 Å². The van der Waals surface area contributed by atoms with Crippen molar-refractivity contribution >= 4 is 11.9 Å². The maximum Gasteiger partial charge on any atom is 0.335 e. The summed E-state index contributed by atoms with van der Waals surface area (Å²) in [6.07, 6.45) is -1.07. The summed E-state index contributed by atoms with van der Waals surface area (Å²) in [5.74, 6) is -0.731. The number of methoxy groups -OCH3 is 1. The monoisotopic (exact) mass is 265 g/mol. The van der Waals surface area contributed by atoms with E-state index in [1.54, 1.807) is 31.3 Å². The second-order valence-corrected chi connectivity index (χ2v) is 4.30. The number of likely N-dealkylation sites (N-methyl/N-ethyl adjacent to an activating group) is 1. The van der Waals surface area contributed by atoms with Gasteiger partial charge in [-0.15, -0.1) is 0 Å². The van der Waals surface area contributed by atoms with Crippen LogP contribution in [0.1, 0.15) is 11.6 Å². The Kier molecular flexibility index (Phi) is 3.71. The fraction of sp³-hybridized carbons (Fsp3) is 0.385. The first kappa shape index (κ1) is 13.4. The van der Waals surface area contributed by atoms with Gasteiger partial charge < -0.3 is 19.5 Å². The number of benzene rings is 1. The molecule has 1 heterocycles. The lowest BCUT2D eigenvalue weighted by atomic mass is 9.98. The van der Waals surface area contributed by atoms with Crippen LogP contribution in [0.25, 0.3) is 0 Å². The molecule has 2 rings (SSSR count). The number of rotatable bonds is 3. The predicted octanol–water partition coefficient (Wildman–Crippen LogP) is 0.678.